The van der Waals surface area contributed by atoms with Gasteiger partial charge in [0.2, 0.25) is 0 Å². The number of hydrogen-bond donors (Lipinski definition) is 1. The number of anilines is 1. The molecule has 1 aliphatic heterocycles. The van der Waals surface area contributed by atoms with Crippen LogP contribution in [0.3, 0.4) is 0 Å². The number of rotatable bonds is 2. The van der Waals surface area contributed by atoms with Crippen LogP contribution in [0.4, 0.5) is 5.69 Å². The van der Waals surface area contributed by atoms with Gasteiger partial charge in [-0.15, -0.1) is 0 Å². The lowest BCUT2D eigenvalue weighted by Gasteiger charge is -2.39. The molecule has 132 valence electrons. The van der Waals surface area contributed by atoms with E-state index in [0.717, 1.165) is 33.4 Å². The lowest BCUT2D eigenvalue weighted by atomic mass is 10.0. The highest BCUT2D eigenvalue weighted by molar-refractivity contribution is 9.10. The molecular weight excluding hydrogens is 430 g/mol. The monoisotopic (exact) mass is 445 g/mol. The van der Waals surface area contributed by atoms with Gasteiger partial charge in [-0.05, 0) is 66.3 Å². The summed E-state index contributed by atoms with van der Waals surface area (Å²) in [6.07, 6.45) is 2.13. The molecule has 6 heteroatoms. The van der Waals surface area contributed by atoms with Crippen molar-refractivity contribution in [1.29, 1.82) is 0 Å². The van der Waals surface area contributed by atoms with E-state index in [4.69, 9.17) is 23.8 Å². The van der Waals surface area contributed by atoms with Gasteiger partial charge in [-0.1, -0.05) is 39.7 Å². The molecule has 26 heavy (non-hydrogen) atoms. The average molecular weight is 447 g/mol. The SMILES string of the molecule is S=C(Nc1ccc(Br)cc1)N1CCn2cccc2[C@H]1c1ccc(Cl)cc1. The molecule has 0 amide bonds. The molecule has 1 N–H and O–H groups in total. The fraction of sp³-hybridized carbons (Fsp3) is 0.150. The number of nitrogens with one attached hydrogen (secondary N) is 1. The second-order valence-corrected chi connectivity index (χ2v) is 7.95. The van der Waals surface area contributed by atoms with Crippen LogP contribution in [0.1, 0.15) is 17.3 Å². The minimum Gasteiger partial charge on any atom is -0.348 e. The van der Waals surface area contributed by atoms with Crippen molar-refractivity contribution in [3.63, 3.8) is 0 Å². The average Bonchev–Trinajstić information content (AvgIpc) is 3.12. The quantitative estimate of drug-likeness (QED) is 0.509. The lowest BCUT2D eigenvalue weighted by molar-refractivity contribution is 0.293. The second kappa shape index (κ2) is 7.43. The molecule has 1 aromatic heterocycles. The van der Waals surface area contributed by atoms with Crippen LogP contribution in [0.2, 0.25) is 5.02 Å². The van der Waals surface area contributed by atoms with Crippen molar-refractivity contribution in [2.75, 3.05) is 11.9 Å². The maximum atomic E-state index is 6.09. The van der Waals surface area contributed by atoms with Crippen LogP contribution in [0.25, 0.3) is 0 Å². The summed E-state index contributed by atoms with van der Waals surface area (Å²) in [5, 5.41) is 4.83. The molecular formula is C20H17BrClN3S. The second-order valence-electron chi connectivity index (χ2n) is 6.21. The van der Waals surface area contributed by atoms with Crippen LogP contribution in [-0.4, -0.2) is 21.1 Å². The predicted molar refractivity (Wildman–Crippen MR) is 115 cm³/mol. The highest BCUT2D eigenvalue weighted by Crippen LogP contribution is 2.33. The summed E-state index contributed by atoms with van der Waals surface area (Å²) in [6, 6.07) is 20.4. The minimum atomic E-state index is 0.0615. The van der Waals surface area contributed by atoms with Crippen molar-refractivity contribution >= 4 is 50.5 Å². The number of aromatic nitrogens is 1. The van der Waals surface area contributed by atoms with Crippen molar-refractivity contribution in [2.24, 2.45) is 0 Å². The first-order chi connectivity index (χ1) is 12.6. The molecule has 0 saturated heterocycles. The Kier molecular flexibility index (Phi) is 5.02. The van der Waals surface area contributed by atoms with Gasteiger partial charge in [0.05, 0.1) is 6.04 Å². The van der Waals surface area contributed by atoms with E-state index in [1.54, 1.807) is 0 Å². The summed E-state index contributed by atoms with van der Waals surface area (Å²) in [6.45, 7) is 1.76. The number of hydrogen-bond acceptors (Lipinski definition) is 1. The molecule has 0 radical (unpaired) electrons. The molecule has 2 heterocycles. The first kappa shape index (κ1) is 17.6. The predicted octanol–water partition coefficient (Wildman–Crippen LogP) is 5.71. The van der Waals surface area contributed by atoms with Crippen LogP contribution in [0.15, 0.2) is 71.3 Å². The zero-order valence-corrected chi connectivity index (χ0v) is 17.1. The zero-order valence-electron chi connectivity index (χ0n) is 13.9. The molecule has 0 bridgehead atoms. The van der Waals surface area contributed by atoms with E-state index in [1.807, 2.05) is 36.4 Å². The maximum absolute atomic E-state index is 6.09. The van der Waals surface area contributed by atoms with Crippen molar-refractivity contribution in [3.8, 4) is 0 Å². The molecule has 2 aromatic carbocycles. The Morgan fingerprint density at radius 2 is 1.77 bits per heavy atom. The topological polar surface area (TPSA) is 20.2 Å². The molecule has 4 rings (SSSR count). The number of nitrogens with zero attached hydrogens (tertiary/aromatic N) is 2. The van der Waals surface area contributed by atoms with Crippen LogP contribution in [0.5, 0.6) is 0 Å². The van der Waals surface area contributed by atoms with E-state index in [0.29, 0.717) is 0 Å². The Balaban J connectivity index is 1.66. The summed E-state index contributed by atoms with van der Waals surface area (Å²) in [5.74, 6) is 0. The summed E-state index contributed by atoms with van der Waals surface area (Å²) in [4.78, 5) is 2.25. The van der Waals surface area contributed by atoms with Crippen molar-refractivity contribution in [2.45, 2.75) is 12.6 Å². The van der Waals surface area contributed by atoms with Gasteiger partial charge in [-0.3, -0.25) is 0 Å². The summed E-state index contributed by atoms with van der Waals surface area (Å²) in [5.41, 5.74) is 3.39. The van der Waals surface area contributed by atoms with E-state index in [2.05, 4.69) is 61.2 Å². The first-order valence-corrected chi connectivity index (χ1v) is 9.93. The Labute approximate surface area is 171 Å². The number of thiocarbonyl (C=S) groups is 1. The molecule has 1 atom stereocenters. The number of fused-ring (bicyclic) bond motifs is 1. The summed E-state index contributed by atoms with van der Waals surface area (Å²) >= 11 is 15.3. The van der Waals surface area contributed by atoms with E-state index in [-0.39, 0.29) is 6.04 Å². The molecule has 0 unspecified atom stereocenters. The third-order valence-corrected chi connectivity index (χ3v) is 5.70. The molecule has 0 aliphatic carbocycles. The highest BCUT2D eigenvalue weighted by atomic mass is 79.9. The van der Waals surface area contributed by atoms with Crippen LogP contribution < -0.4 is 5.32 Å². The van der Waals surface area contributed by atoms with Gasteiger partial charge in [0.15, 0.2) is 5.11 Å². The summed E-state index contributed by atoms with van der Waals surface area (Å²) in [7, 11) is 0. The number of benzene rings is 2. The number of halogens is 2. The standard InChI is InChI=1S/C20H17BrClN3S/c21-15-5-9-17(10-6-15)23-20(26)25-13-12-24-11-1-2-18(24)19(25)14-3-7-16(22)8-4-14/h1-11,19H,12-13H2,(H,23,26)/t19-/m1/s1. The van der Waals surface area contributed by atoms with Crippen molar-refractivity contribution in [3.05, 3.63) is 87.6 Å². The normalized spacial score (nSPS) is 16.2. The van der Waals surface area contributed by atoms with Crippen molar-refractivity contribution < 1.29 is 0 Å². The fourth-order valence-electron chi connectivity index (χ4n) is 3.33. The Hall–Kier alpha value is -1.82. The molecule has 3 aromatic rings. The van der Waals surface area contributed by atoms with Gasteiger partial charge < -0.3 is 14.8 Å². The molecule has 0 spiro atoms. The van der Waals surface area contributed by atoms with E-state index in [9.17, 15) is 0 Å². The van der Waals surface area contributed by atoms with Crippen LogP contribution >= 0.6 is 39.7 Å². The van der Waals surface area contributed by atoms with Gasteiger partial charge >= 0.3 is 0 Å². The lowest BCUT2D eigenvalue weighted by Crippen LogP contribution is -2.44. The molecule has 0 fully saturated rings. The van der Waals surface area contributed by atoms with Crippen LogP contribution in [0, 0.1) is 0 Å². The van der Waals surface area contributed by atoms with E-state index < -0.39 is 0 Å². The zero-order chi connectivity index (χ0) is 18.1. The minimum absolute atomic E-state index is 0.0615. The Morgan fingerprint density at radius 1 is 1.04 bits per heavy atom. The van der Waals surface area contributed by atoms with Crippen LogP contribution in [-0.2, 0) is 6.54 Å². The summed E-state index contributed by atoms with van der Waals surface area (Å²) < 4.78 is 3.33. The fourth-order valence-corrected chi connectivity index (χ4v) is 4.03. The molecule has 0 saturated carbocycles. The first-order valence-electron chi connectivity index (χ1n) is 8.35. The highest BCUT2D eigenvalue weighted by Gasteiger charge is 2.30. The smallest absolute Gasteiger partial charge is 0.174 e. The third-order valence-electron chi connectivity index (χ3n) is 4.58. The molecule has 1 aliphatic rings. The van der Waals surface area contributed by atoms with Gasteiger partial charge in [0.25, 0.3) is 0 Å². The Bertz CT molecular complexity index is 921. The van der Waals surface area contributed by atoms with Crippen molar-refractivity contribution in [1.82, 2.24) is 9.47 Å². The van der Waals surface area contributed by atoms with Gasteiger partial charge in [-0.25, -0.2) is 0 Å². The van der Waals surface area contributed by atoms with Gasteiger partial charge in [0.1, 0.15) is 0 Å². The largest absolute Gasteiger partial charge is 0.348 e. The third kappa shape index (κ3) is 3.52. The van der Waals surface area contributed by atoms with Gasteiger partial charge in [0, 0.05) is 40.2 Å². The molecule has 3 nitrogen and oxygen atoms in total. The van der Waals surface area contributed by atoms with Gasteiger partial charge in [-0.2, -0.15) is 0 Å². The van der Waals surface area contributed by atoms with E-state index >= 15 is 0 Å². The van der Waals surface area contributed by atoms with E-state index in [1.165, 1.54) is 11.3 Å². The Morgan fingerprint density at radius 3 is 2.50 bits per heavy atom. The maximum Gasteiger partial charge on any atom is 0.174 e.